The maximum atomic E-state index is 6.20. The van der Waals surface area contributed by atoms with Gasteiger partial charge in [-0.1, -0.05) is 36.2 Å². The molecule has 1 atom stereocenters. The predicted molar refractivity (Wildman–Crippen MR) is 114 cm³/mol. The first-order chi connectivity index (χ1) is 12.0. The van der Waals surface area contributed by atoms with E-state index in [0.717, 1.165) is 25.6 Å². The zero-order valence-corrected chi connectivity index (χ0v) is 17.9. The molecule has 142 valence electrons. The SMILES string of the molecule is CCSCCN(C)C1CN(CC[C@H](CNC)c2ccc(Cl)c(Cl)c2)C1. The van der Waals surface area contributed by atoms with Crippen LogP contribution in [0.1, 0.15) is 24.8 Å². The Morgan fingerprint density at radius 3 is 2.72 bits per heavy atom. The molecular weight excluding hydrogens is 373 g/mol. The highest BCUT2D eigenvalue weighted by Gasteiger charge is 2.29. The third-order valence-electron chi connectivity index (χ3n) is 5.01. The average molecular weight is 404 g/mol. The summed E-state index contributed by atoms with van der Waals surface area (Å²) in [7, 11) is 4.27. The van der Waals surface area contributed by atoms with Gasteiger partial charge >= 0.3 is 0 Å². The number of hydrogen-bond acceptors (Lipinski definition) is 4. The molecule has 1 aromatic carbocycles. The molecule has 2 rings (SSSR count). The number of thioether (sulfide) groups is 1. The molecule has 3 nitrogen and oxygen atoms in total. The monoisotopic (exact) mass is 403 g/mol. The highest BCUT2D eigenvalue weighted by Crippen LogP contribution is 2.28. The van der Waals surface area contributed by atoms with Crippen LogP contribution >= 0.6 is 35.0 Å². The summed E-state index contributed by atoms with van der Waals surface area (Å²) in [5.74, 6) is 2.93. The van der Waals surface area contributed by atoms with Crippen LogP contribution in [0.5, 0.6) is 0 Å². The molecule has 1 aliphatic heterocycles. The van der Waals surface area contributed by atoms with Crippen molar-refractivity contribution in [2.45, 2.75) is 25.3 Å². The Labute approximate surface area is 167 Å². The molecular formula is C19H31Cl2N3S. The van der Waals surface area contributed by atoms with Crippen LogP contribution in [-0.4, -0.2) is 74.2 Å². The van der Waals surface area contributed by atoms with Crippen molar-refractivity contribution in [1.82, 2.24) is 15.1 Å². The van der Waals surface area contributed by atoms with Crippen molar-refractivity contribution in [1.29, 1.82) is 0 Å². The zero-order valence-electron chi connectivity index (χ0n) is 15.6. The highest BCUT2D eigenvalue weighted by molar-refractivity contribution is 7.99. The van der Waals surface area contributed by atoms with E-state index in [2.05, 4.69) is 35.2 Å². The van der Waals surface area contributed by atoms with Crippen LogP contribution in [0.2, 0.25) is 10.0 Å². The molecule has 0 spiro atoms. The number of likely N-dealkylation sites (N-methyl/N-ethyl adjacent to an activating group) is 2. The Morgan fingerprint density at radius 2 is 2.08 bits per heavy atom. The van der Waals surface area contributed by atoms with Gasteiger partial charge in [0.1, 0.15) is 0 Å². The third-order valence-corrected chi connectivity index (χ3v) is 6.63. The van der Waals surface area contributed by atoms with Crippen LogP contribution in [0.4, 0.5) is 0 Å². The smallest absolute Gasteiger partial charge is 0.0595 e. The minimum atomic E-state index is 0.470. The van der Waals surface area contributed by atoms with Gasteiger partial charge in [-0.2, -0.15) is 11.8 Å². The first-order valence-corrected chi connectivity index (χ1v) is 11.1. The molecule has 1 aromatic rings. The number of likely N-dealkylation sites (tertiary alicyclic amines) is 1. The molecule has 1 fully saturated rings. The fraction of sp³-hybridized carbons (Fsp3) is 0.684. The molecule has 0 bridgehead atoms. The normalized spacial score (nSPS) is 17.0. The van der Waals surface area contributed by atoms with Crippen molar-refractivity contribution < 1.29 is 0 Å². The standard InChI is InChI=1S/C19H31Cl2N3S/c1-4-25-10-9-23(3)17-13-24(14-17)8-7-16(12-22-2)15-5-6-18(20)19(21)11-15/h5-6,11,16-17,22H,4,7-10,12-14H2,1-3H3/t16-/m1/s1. The molecule has 1 N–H and O–H groups in total. The first kappa shape index (κ1) is 21.3. The van der Waals surface area contributed by atoms with E-state index in [-0.39, 0.29) is 0 Å². The summed E-state index contributed by atoms with van der Waals surface area (Å²) >= 11 is 14.3. The highest BCUT2D eigenvalue weighted by atomic mass is 35.5. The van der Waals surface area contributed by atoms with Crippen molar-refractivity contribution in [3.8, 4) is 0 Å². The Hall–Kier alpha value is 0.0300. The second kappa shape index (κ2) is 11.0. The van der Waals surface area contributed by atoms with E-state index < -0.39 is 0 Å². The van der Waals surface area contributed by atoms with Gasteiger partial charge in [0.25, 0.3) is 0 Å². The molecule has 0 aliphatic carbocycles. The van der Waals surface area contributed by atoms with E-state index in [1.165, 1.54) is 36.7 Å². The second-order valence-corrected chi connectivity index (χ2v) is 9.02. The van der Waals surface area contributed by atoms with Crippen LogP contribution in [0.3, 0.4) is 0 Å². The van der Waals surface area contributed by atoms with Gasteiger partial charge in [-0.3, -0.25) is 0 Å². The Morgan fingerprint density at radius 1 is 1.32 bits per heavy atom. The molecule has 0 aromatic heterocycles. The van der Waals surface area contributed by atoms with Gasteiger partial charge < -0.3 is 15.1 Å². The van der Waals surface area contributed by atoms with Crippen LogP contribution in [-0.2, 0) is 0 Å². The quantitative estimate of drug-likeness (QED) is 0.561. The lowest BCUT2D eigenvalue weighted by Crippen LogP contribution is -2.58. The van der Waals surface area contributed by atoms with Gasteiger partial charge in [0, 0.05) is 38.0 Å². The van der Waals surface area contributed by atoms with E-state index in [0.29, 0.717) is 16.0 Å². The summed E-state index contributed by atoms with van der Waals surface area (Å²) in [5.41, 5.74) is 1.27. The maximum Gasteiger partial charge on any atom is 0.0595 e. The van der Waals surface area contributed by atoms with Gasteiger partial charge in [-0.25, -0.2) is 0 Å². The molecule has 1 heterocycles. The van der Waals surface area contributed by atoms with Crippen molar-refractivity contribution in [2.75, 3.05) is 58.3 Å². The van der Waals surface area contributed by atoms with Crippen molar-refractivity contribution in [2.24, 2.45) is 0 Å². The summed E-state index contributed by atoms with van der Waals surface area (Å²) in [4.78, 5) is 5.08. The van der Waals surface area contributed by atoms with Crippen molar-refractivity contribution in [3.05, 3.63) is 33.8 Å². The third kappa shape index (κ3) is 6.60. The molecule has 0 amide bonds. The van der Waals surface area contributed by atoms with Crippen LogP contribution in [0.25, 0.3) is 0 Å². The average Bonchev–Trinajstić information content (AvgIpc) is 2.55. The van der Waals surface area contributed by atoms with Crippen LogP contribution in [0, 0.1) is 0 Å². The molecule has 0 radical (unpaired) electrons. The lowest BCUT2D eigenvalue weighted by Gasteiger charge is -2.44. The van der Waals surface area contributed by atoms with Crippen LogP contribution < -0.4 is 5.32 Å². The topological polar surface area (TPSA) is 18.5 Å². The van der Waals surface area contributed by atoms with Gasteiger partial charge in [-0.05, 0) is 56.4 Å². The summed E-state index contributed by atoms with van der Waals surface area (Å²) in [6.45, 7) is 7.92. The van der Waals surface area contributed by atoms with E-state index >= 15 is 0 Å². The van der Waals surface area contributed by atoms with E-state index in [4.69, 9.17) is 23.2 Å². The van der Waals surface area contributed by atoms with Gasteiger partial charge in [0.05, 0.1) is 10.0 Å². The number of nitrogens with zero attached hydrogens (tertiary/aromatic N) is 2. The summed E-state index contributed by atoms with van der Waals surface area (Å²) in [6, 6.07) is 6.76. The number of rotatable bonds is 11. The maximum absolute atomic E-state index is 6.20. The Kier molecular flexibility index (Phi) is 9.39. The summed E-state index contributed by atoms with van der Waals surface area (Å²) in [6.07, 6.45) is 1.14. The molecule has 25 heavy (non-hydrogen) atoms. The number of nitrogens with one attached hydrogen (secondary N) is 1. The number of benzene rings is 1. The van der Waals surface area contributed by atoms with Crippen molar-refractivity contribution in [3.63, 3.8) is 0 Å². The largest absolute Gasteiger partial charge is 0.319 e. The second-order valence-electron chi connectivity index (χ2n) is 6.81. The first-order valence-electron chi connectivity index (χ1n) is 9.15. The number of hydrogen-bond donors (Lipinski definition) is 1. The molecule has 0 saturated carbocycles. The van der Waals surface area contributed by atoms with E-state index in [1.54, 1.807) is 0 Å². The Balaban J connectivity index is 1.76. The summed E-state index contributed by atoms with van der Waals surface area (Å²) < 4.78 is 0. The van der Waals surface area contributed by atoms with Crippen LogP contribution in [0.15, 0.2) is 18.2 Å². The molecule has 1 aliphatic rings. The van der Waals surface area contributed by atoms with Crippen molar-refractivity contribution >= 4 is 35.0 Å². The Bertz CT molecular complexity index is 523. The molecule has 1 saturated heterocycles. The minimum absolute atomic E-state index is 0.470. The minimum Gasteiger partial charge on any atom is -0.319 e. The van der Waals surface area contributed by atoms with Gasteiger partial charge in [0.2, 0.25) is 0 Å². The molecule has 6 heteroatoms. The van der Waals surface area contributed by atoms with E-state index in [1.807, 2.05) is 30.9 Å². The summed E-state index contributed by atoms with van der Waals surface area (Å²) in [5, 5.41) is 4.59. The predicted octanol–water partition coefficient (Wildman–Crippen LogP) is 4.06. The lowest BCUT2D eigenvalue weighted by atomic mass is 9.94. The van der Waals surface area contributed by atoms with Gasteiger partial charge in [0.15, 0.2) is 0 Å². The van der Waals surface area contributed by atoms with E-state index in [9.17, 15) is 0 Å². The molecule has 0 unspecified atom stereocenters. The zero-order chi connectivity index (χ0) is 18.2. The fourth-order valence-corrected chi connectivity index (χ4v) is 4.29. The fourth-order valence-electron chi connectivity index (χ4n) is 3.28. The lowest BCUT2D eigenvalue weighted by molar-refractivity contribution is 0.0507. The van der Waals surface area contributed by atoms with Gasteiger partial charge in [-0.15, -0.1) is 0 Å². The number of halogens is 2.